The van der Waals surface area contributed by atoms with Crippen LogP contribution in [-0.4, -0.2) is 0 Å². The van der Waals surface area contributed by atoms with Crippen LogP contribution >= 0.6 is 24.8 Å². The van der Waals surface area contributed by atoms with Gasteiger partial charge in [0.15, 0.2) is 0 Å². The van der Waals surface area contributed by atoms with Crippen molar-refractivity contribution < 1.29 is 22.4 Å². The molecule has 6 heavy (non-hydrogen) atoms. The van der Waals surface area contributed by atoms with Crippen LogP contribution in [0.25, 0.3) is 0 Å². The molecule has 0 saturated heterocycles. The average Bonchev–Trinajstić information content (AvgIpc) is 0.918. The summed E-state index contributed by atoms with van der Waals surface area (Å²) >= 11 is 0. The molecule has 0 heterocycles. The summed E-state index contributed by atoms with van der Waals surface area (Å²) in [5, 5.41) is 2.25. The quantitative estimate of drug-likeness (QED) is 0.264. The number of nitrogens with zero attached hydrogens (tertiary/aromatic N) is 1. The van der Waals surface area contributed by atoms with Gasteiger partial charge in [0.1, 0.15) is 0 Å². The minimum atomic E-state index is 0. The zero-order valence-corrected chi connectivity index (χ0v) is 6.62. The van der Waals surface area contributed by atoms with Crippen molar-refractivity contribution in [3.05, 3.63) is 0 Å². The Morgan fingerprint density at radius 2 is 1.33 bits per heavy atom. The van der Waals surface area contributed by atoms with E-state index in [9.17, 15) is 0 Å². The molecule has 0 fully saturated rings. The molecule has 0 rings (SSSR count). The van der Waals surface area contributed by atoms with Gasteiger partial charge in [-0.05, 0) is 0 Å². The Bertz CT molecular complexity index is 16.3. The van der Waals surface area contributed by atoms with Crippen molar-refractivity contribution in [1.82, 2.24) is 0 Å². The Morgan fingerprint density at radius 3 is 1.33 bits per heavy atom. The fraction of sp³-hybridized carbons (Fsp3) is 0. The molecule has 1 radical (unpaired) electrons. The van der Waals surface area contributed by atoms with Gasteiger partial charge >= 0.3 is 0 Å². The minimum absolute atomic E-state index is 0. The van der Waals surface area contributed by atoms with Crippen LogP contribution in [0.15, 0.2) is 5.22 Å². The van der Waals surface area contributed by atoms with E-state index in [4.69, 9.17) is 5.53 Å². The first-order valence-electron chi connectivity index (χ1n) is 0.482. The maximum absolute atomic E-state index is 5.61. The number of nitrogens with one attached hydrogen (secondary N) is 1. The number of halogens is 2. The summed E-state index contributed by atoms with van der Waals surface area (Å²) in [4.78, 5) is 0. The van der Waals surface area contributed by atoms with Crippen molar-refractivity contribution in [3.8, 4) is 0 Å². The fourth-order valence-corrected chi connectivity index (χ4v) is 0. The zero-order valence-electron chi connectivity index (χ0n) is 2.79. The Balaban J connectivity index is -0.00000000667. The molecule has 0 aromatic carbocycles. The van der Waals surface area contributed by atoms with E-state index in [0.717, 1.165) is 0 Å². The molecule has 0 atom stereocenters. The van der Waals surface area contributed by atoms with Crippen LogP contribution in [0, 0.1) is 5.53 Å². The third-order valence-corrected chi connectivity index (χ3v) is 0. The number of rotatable bonds is 0. The molecular weight excluding hydrogens is 206 g/mol. The Hall–Kier alpha value is 0.720. The third kappa shape index (κ3) is 126. The molecular formula is H5Cl2N3Nb. The predicted octanol–water partition coefficient (Wildman–Crippen LogP) is 0.732. The van der Waals surface area contributed by atoms with Crippen molar-refractivity contribution in [3.63, 3.8) is 0 Å². The summed E-state index contributed by atoms with van der Waals surface area (Å²) in [5.41, 5.74) is 5.61. The smallest absolute Gasteiger partial charge is 0 e. The molecule has 3 nitrogen and oxygen atoms in total. The van der Waals surface area contributed by atoms with Crippen LogP contribution in [0.5, 0.6) is 0 Å². The van der Waals surface area contributed by atoms with Crippen molar-refractivity contribution in [2.45, 2.75) is 0 Å². The van der Waals surface area contributed by atoms with Crippen LogP contribution in [0.4, 0.5) is 0 Å². The standard InChI is InChI=1S/2ClH.H3N3.Nb/c;;1-3-2;/h2*1H;(H3,1,2);. The molecule has 0 bridgehead atoms. The van der Waals surface area contributed by atoms with Crippen LogP contribution < -0.4 is 5.84 Å². The summed E-state index contributed by atoms with van der Waals surface area (Å²) in [6, 6.07) is 0. The van der Waals surface area contributed by atoms with Gasteiger partial charge in [0.05, 0.1) is 0 Å². The van der Waals surface area contributed by atoms with Crippen LogP contribution in [0.2, 0.25) is 0 Å². The van der Waals surface area contributed by atoms with Crippen LogP contribution in [-0.2, 0) is 22.4 Å². The van der Waals surface area contributed by atoms with Crippen molar-refractivity contribution >= 4 is 24.8 Å². The number of nitrogens with two attached hydrogens (primary N) is 1. The largest absolute Gasteiger partial charge is 0.305 e. The first-order valence-corrected chi connectivity index (χ1v) is 0.482. The molecule has 0 spiro atoms. The van der Waals surface area contributed by atoms with Gasteiger partial charge in [0, 0.05) is 22.4 Å². The molecule has 0 saturated carbocycles. The predicted molar refractivity (Wildman–Crippen MR) is 23.8 cm³/mol. The number of hydrogen-bond donors (Lipinski definition) is 2. The van der Waals surface area contributed by atoms with Gasteiger partial charge in [-0.15, -0.1) is 24.8 Å². The van der Waals surface area contributed by atoms with Gasteiger partial charge in [-0.25, -0.2) is 0 Å². The monoisotopic (exact) mass is 210 g/mol. The van der Waals surface area contributed by atoms with Gasteiger partial charge in [0.25, 0.3) is 0 Å². The van der Waals surface area contributed by atoms with E-state index in [0.29, 0.717) is 0 Å². The van der Waals surface area contributed by atoms with Crippen LogP contribution in [0.1, 0.15) is 0 Å². The van der Waals surface area contributed by atoms with Crippen molar-refractivity contribution in [2.24, 2.45) is 11.1 Å². The Kier molecular flexibility index (Phi) is 213. The van der Waals surface area contributed by atoms with E-state index in [1.165, 1.54) is 0 Å². The molecule has 6 heteroatoms. The van der Waals surface area contributed by atoms with Crippen LogP contribution in [0.3, 0.4) is 0 Å². The second-order valence-corrected chi connectivity index (χ2v) is 0.129. The normalized spacial score (nSPS) is 2.00. The molecule has 0 unspecified atom stereocenters. The summed E-state index contributed by atoms with van der Waals surface area (Å²) in [7, 11) is 0. The molecule has 0 aliphatic carbocycles. The van der Waals surface area contributed by atoms with E-state index in [-0.39, 0.29) is 47.2 Å². The Labute approximate surface area is 63.9 Å². The molecule has 3 N–H and O–H groups in total. The number of hydrogen-bond acceptors (Lipinski definition) is 2. The fourth-order valence-electron chi connectivity index (χ4n) is 0. The molecule has 39 valence electrons. The Morgan fingerprint density at radius 1 is 1.33 bits per heavy atom. The third-order valence-electron chi connectivity index (χ3n) is 0. The van der Waals surface area contributed by atoms with E-state index < -0.39 is 0 Å². The average molecular weight is 211 g/mol. The first kappa shape index (κ1) is 29.7. The molecule has 0 aromatic rings. The molecule has 0 aliphatic heterocycles. The summed E-state index contributed by atoms with van der Waals surface area (Å²) in [5.74, 6) is 4.14. The topological polar surface area (TPSA) is 62.2 Å². The maximum Gasteiger partial charge on any atom is 0 e. The van der Waals surface area contributed by atoms with E-state index >= 15 is 0 Å². The zero-order chi connectivity index (χ0) is 2.71. The first-order chi connectivity index (χ1) is 1.41. The van der Waals surface area contributed by atoms with Crippen molar-refractivity contribution in [2.75, 3.05) is 0 Å². The molecule has 0 aromatic heterocycles. The summed E-state index contributed by atoms with van der Waals surface area (Å²) < 4.78 is 0. The SMILES string of the molecule is Cl.Cl.N=NN.[Nb]. The van der Waals surface area contributed by atoms with Gasteiger partial charge in [-0.2, -0.15) is 5.53 Å². The molecule has 0 aliphatic rings. The maximum atomic E-state index is 5.61. The van der Waals surface area contributed by atoms with E-state index in [1.807, 2.05) is 0 Å². The second-order valence-electron chi connectivity index (χ2n) is 0.129. The second kappa shape index (κ2) is 43.1. The van der Waals surface area contributed by atoms with Gasteiger partial charge in [0.2, 0.25) is 0 Å². The molecule has 0 amide bonds. The van der Waals surface area contributed by atoms with E-state index in [2.05, 4.69) is 11.1 Å². The van der Waals surface area contributed by atoms with E-state index in [1.54, 1.807) is 0 Å². The summed E-state index contributed by atoms with van der Waals surface area (Å²) in [6.45, 7) is 0. The van der Waals surface area contributed by atoms with Gasteiger partial charge < -0.3 is 5.84 Å². The van der Waals surface area contributed by atoms with Gasteiger partial charge in [-0.1, -0.05) is 5.22 Å². The minimum Gasteiger partial charge on any atom is -0.305 e. The van der Waals surface area contributed by atoms with Gasteiger partial charge in [-0.3, -0.25) is 0 Å². The van der Waals surface area contributed by atoms with Crippen molar-refractivity contribution in [1.29, 1.82) is 5.53 Å². The summed E-state index contributed by atoms with van der Waals surface area (Å²) in [6.07, 6.45) is 0.